The van der Waals surface area contributed by atoms with Crippen LogP contribution in [0.25, 0.3) is 0 Å². The molecule has 90 valence electrons. The van der Waals surface area contributed by atoms with E-state index in [1.807, 2.05) is 6.92 Å². The molecule has 1 aromatic rings. The molecule has 0 aliphatic carbocycles. The number of hydrogen-bond acceptors (Lipinski definition) is 4. The van der Waals surface area contributed by atoms with Crippen LogP contribution in [0.3, 0.4) is 0 Å². The summed E-state index contributed by atoms with van der Waals surface area (Å²) in [6.07, 6.45) is 0.127. The van der Waals surface area contributed by atoms with Gasteiger partial charge < -0.3 is 5.73 Å². The van der Waals surface area contributed by atoms with Gasteiger partial charge in [-0.05, 0) is 38.9 Å². The molecule has 0 saturated heterocycles. The third-order valence-electron chi connectivity index (χ3n) is 2.17. The number of hydrogen-bond donors (Lipinski definition) is 1. The lowest BCUT2D eigenvalue weighted by Gasteiger charge is -2.11. The third-order valence-corrected chi connectivity index (χ3v) is 3.61. The molecule has 0 fully saturated rings. The summed E-state index contributed by atoms with van der Waals surface area (Å²) in [4.78, 5) is 0.182. The third kappa shape index (κ3) is 3.59. The largest absolute Gasteiger partial charge is 0.330 e. The minimum atomic E-state index is -3.65. The predicted molar refractivity (Wildman–Crippen MR) is 62.6 cm³/mol. The first-order chi connectivity index (χ1) is 7.45. The van der Waals surface area contributed by atoms with Crippen molar-refractivity contribution in [2.45, 2.75) is 31.3 Å². The average molecular weight is 243 g/mol. The fourth-order valence-corrected chi connectivity index (χ4v) is 2.37. The van der Waals surface area contributed by atoms with Gasteiger partial charge >= 0.3 is 0 Å². The molecule has 16 heavy (non-hydrogen) atoms. The summed E-state index contributed by atoms with van der Waals surface area (Å²) in [5.74, 6) is 0. The van der Waals surface area contributed by atoms with Crippen molar-refractivity contribution >= 4 is 10.1 Å². The van der Waals surface area contributed by atoms with E-state index in [2.05, 4.69) is 0 Å². The molecular formula is C11H17NO3S. The summed E-state index contributed by atoms with van der Waals surface area (Å²) in [6.45, 7) is 4.00. The average Bonchev–Trinajstić information content (AvgIpc) is 2.17. The number of aryl methyl sites for hydroxylation is 1. The second kappa shape index (κ2) is 5.43. The van der Waals surface area contributed by atoms with Crippen LogP contribution in [0.5, 0.6) is 0 Å². The number of rotatable bonds is 5. The molecule has 1 aromatic carbocycles. The fourth-order valence-electron chi connectivity index (χ4n) is 1.26. The molecule has 2 N–H and O–H groups in total. The summed E-state index contributed by atoms with van der Waals surface area (Å²) in [5.41, 5.74) is 6.34. The van der Waals surface area contributed by atoms with Crippen LogP contribution in [0.2, 0.25) is 0 Å². The van der Waals surface area contributed by atoms with Crippen molar-refractivity contribution in [2.75, 3.05) is 6.54 Å². The van der Waals surface area contributed by atoms with E-state index in [4.69, 9.17) is 9.92 Å². The summed E-state index contributed by atoms with van der Waals surface area (Å²) < 4.78 is 28.5. The Balaban J connectivity index is 2.82. The molecule has 0 aliphatic heterocycles. The molecule has 0 amide bonds. The van der Waals surface area contributed by atoms with Gasteiger partial charge in [-0.15, -0.1) is 0 Å². The molecule has 5 heteroatoms. The molecule has 0 heterocycles. The predicted octanol–water partition coefficient (Wildman–Crippen LogP) is 1.44. The Hall–Kier alpha value is -0.910. The first kappa shape index (κ1) is 13.2. The van der Waals surface area contributed by atoms with E-state index in [-0.39, 0.29) is 4.90 Å². The molecule has 0 saturated carbocycles. The van der Waals surface area contributed by atoms with Crippen LogP contribution in [-0.4, -0.2) is 21.1 Å². The minimum Gasteiger partial charge on any atom is -0.330 e. The molecule has 0 aliphatic rings. The van der Waals surface area contributed by atoms with Crippen molar-refractivity contribution in [2.24, 2.45) is 5.73 Å². The Bertz CT molecular complexity index is 425. The molecule has 0 spiro atoms. The van der Waals surface area contributed by atoms with Gasteiger partial charge in [0.1, 0.15) is 0 Å². The Morgan fingerprint density at radius 1 is 1.31 bits per heavy atom. The molecule has 0 aromatic heterocycles. The maximum Gasteiger partial charge on any atom is 0.297 e. The van der Waals surface area contributed by atoms with Crippen LogP contribution < -0.4 is 5.73 Å². The maximum absolute atomic E-state index is 11.8. The van der Waals surface area contributed by atoms with Crippen LogP contribution in [0.1, 0.15) is 18.9 Å². The Labute approximate surface area is 96.5 Å². The van der Waals surface area contributed by atoms with Gasteiger partial charge in [-0.2, -0.15) is 8.42 Å². The minimum absolute atomic E-state index is 0.182. The van der Waals surface area contributed by atoms with E-state index in [9.17, 15) is 8.42 Å². The Kier molecular flexibility index (Phi) is 4.46. The summed E-state index contributed by atoms with van der Waals surface area (Å²) >= 11 is 0. The second-order valence-corrected chi connectivity index (χ2v) is 5.32. The topological polar surface area (TPSA) is 69.4 Å². The smallest absolute Gasteiger partial charge is 0.297 e. The van der Waals surface area contributed by atoms with Crippen molar-refractivity contribution in [3.8, 4) is 0 Å². The Morgan fingerprint density at radius 3 is 2.38 bits per heavy atom. The summed E-state index contributed by atoms with van der Waals surface area (Å²) in [7, 11) is -3.65. The zero-order valence-corrected chi connectivity index (χ0v) is 10.3. The van der Waals surface area contributed by atoms with Gasteiger partial charge in [-0.3, -0.25) is 4.18 Å². The van der Waals surface area contributed by atoms with Crippen molar-refractivity contribution < 1.29 is 12.6 Å². The maximum atomic E-state index is 11.8. The molecule has 1 atom stereocenters. The molecule has 0 radical (unpaired) electrons. The first-order valence-corrected chi connectivity index (χ1v) is 6.56. The van der Waals surface area contributed by atoms with Gasteiger partial charge in [0.05, 0.1) is 11.0 Å². The van der Waals surface area contributed by atoms with Gasteiger partial charge in [0.15, 0.2) is 0 Å². The van der Waals surface area contributed by atoms with Gasteiger partial charge in [-0.25, -0.2) is 0 Å². The highest BCUT2D eigenvalue weighted by atomic mass is 32.2. The quantitative estimate of drug-likeness (QED) is 0.794. The van der Waals surface area contributed by atoms with Crippen LogP contribution >= 0.6 is 0 Å². The number of nitrogens with two attached hydrogens (primary N) is 1. The van der Waals surface area contributed by atoms with Gasteiger partial charge in [0.2, 0.25) is 0 Å². The summed E-state index contributed by atoms with van der Waals surface area (Å²) in [5, 5.41) is 0. The van der Waals surface area contributed by atoms with E-state index in [1.165, 1.54) is 0 Å². The molecule has 1 unspecified atom stereocenters. The lowest BCUT2D eigenvalue weighted by Crippen LogP contribution is -2.18. The lowest BCUT2D eigenvalue weighted by molar-refractivity contribution is 0.221. The first-order valence-electron chi connectivity index (χ1n) is 5.16. The zero-order valence-electron chi connectivity index (χ0n) is 9.51. The van der Waals surface area contributed by atoms with E-state index in [0.29, 0.717) is 13.0 Å². The van der Waals surface area contributed by atoms with Crippen LogP contribution in [0, 0.1) is 6.92 Å². The SMILES string of the molecule is Cc1ccc(S(=O)(=O)OC(C)CCN)cc1. The second-order valence-electron chi connectivity index (χ2n) is 3.75. The lowest BCUT2D eigenvalue weighted by atomic mass is 10.2. The van der Waals surface area contributed by atoms with Gasteiger partial charge in [0.25, 0.3) is 10.1 Å². The zero-order chi connectivity index (χ0) is 12.2. The van der Waals surface area contributed by atoms with Crippen LogP contribution in [0.4, 0.5) is 0 Å². The highest BCUT2D eigenvalue weighted by molar-refractivity contribution is 7.86. The normalized spacial score (nSPS) is 13.7. The van der Waals surface area contributed by atoms with E-state index >= 15 is 0 Å². The van der Waals surface area contributed by atoms with Crippen molar-refractivity contribution in [1.82, 2.24) is 0 Å². The molecule has 1 rings (SSSR count). The van der Waals surface area contributed by atoms with E-state index in [1.54, 1.807) is 31.2 Å². The monoisotopic (exact) mass is 243 g/mol. The van der Waals surface area contributed by atoms with Crippen molar-refractivity contribution in [1.29, 1.82) is 0 Å². The van der Waals surface area contributed by atoms with Gasteiger partial charge in [-0.1, -0.05) is 17.7 Å². The molecule has 4 nitrogen and oxygen atoms in total. The molecular weight excluding hydrogens is 226 g/mol. The highest BCUT2D eigenvalue weighted by Gasteiger charge is 2.18. The fraction of sp³-hybridized carbons (Fsp3) is 0.455. The number of benzene rings is 1. The van der Waals surface area contributed by atoms with Gasteiger partial charge in [0, 0.05) is 0 Å². The standard InChI is InChI=1S/C11H17NO3S/c1-9-3-5-11(6-4-9)16(13,14)15-10(2)7-8-12/h3-6,10H,7-8,12H2,1-2H3. The van der Waals surface area contributed by atoms with Crippen LogP contribution in [0.15, 0.2) is 29.2 Å². The van der Waals surface area contributed by atoms with Crippen LogP contribution in [-0.2, 0) is 14.3 Å². The highest BCUT2D eigenvalue weighted by Crippen LogP contribution is 2.15. The Morgan fingerprint density at radius 2 is 1.88 bits per heavy atom. The van der Waals surface area contributed by atoms with Crippen molar-refractivity contribution in [3.63, 3.8) is 0 Å². The van der Waals surface area contributed by atoms with E-state index < -0.39 is 16.2 Å². The summed E-state index contributed by atoms with van der Waals surface area (Å²) in [6, 6.07) is 6.56. The van der Waals surface area contributed by atoms with Crippen molar-refractivity contribution in [3.05, 3.63) is 29.8 Å². The molecule has 0 bridgehead atoms. The van der Waals surface area contributed by atoms with E-state index in [0.717, 1.165) is 5.56 Å².